The molecule has 5 heteroatoms. The fourth-order valence-electron chi connectivity index (χ4n) is 2.17. The lowest BCUT2D eigenvalue weighted by Crippen LogP contribution is -2.09. The first-order valence-electron chi connectivity index (χ1n) is 8.61. The van der Waals surface area contributed by atoms with Crippen molar-refractivity contribution in [3.8, 4) is 5.75 Å². The summed E-state index contributed by atoms with van der Waals surface area (Å²) in [6, 6.07) is 14.1. The zero-order valence-corrected chi connectivity index (χ0v) is 15.0. The summed E-state index contributed by atoms with van der Waals surface area (Å²) >= 11 is 0. The number of hydrogen-bond acceptors (Lipinski definition) is 4. The predicted molar refractivity (Wildman–Crippen MR) is 102 cm³/mol. The van der Waals surface area contributed by atoms with Crippen LogP contribution in [0.2, 0.25) is 0 Å². The number of carbonyl (C=O) groups excluding carboxylic acids is 2. The lowest BCUT2D eigenvalue weighted by molar-refractivity contribution is -0.111. The van der Waals surface area contributed by atoms with Crippen LogP contribution < -0.4 is 10.1 Å². The van der Waals surface area contributed by atoms with Crippen LogP contribution in [0.3, 0.4) is 0 Å². The highest BCUT2D eigenvalue weighted by Crippen LogP contribution is 2.14. The molecule has 0 fully saturated rings. The number of anilines is 1. The van der Waals surface area contributed by atoms with E-state index in [1.54, 1.807) is 30.3 Å². The average Bonchev–Trinajstić information content (AvgIpc) is 2.66. The Hall–Kier alpha value is -3.08. The summed E-state index contributed by atoms with van der Waals surface area (Å²) in [4.78, 5) is 23.7. The molecule has 1 amide bonds. The summed E-state index contributed by atoms with van der Waals surface area (Å²) in [5.74, 6) is 0.187. The second kappa shape index (κ2) is 10.0. The third kappa shape index (κ3) is 6.09. The molecule has 0 aliphatic carbocycles. The van der Waals surface area contributed by atoms with E-state index in [1.165, 1.54) is 6.08 Å². The zero-order chi connectivity index (χ0) is 18.8. The molecule has 0 aliphatic heterocycles. The average molecular weight is 353 g/mol. The Kier molecular flexibility index (Phi) is 7.43. The standard InChI is InChI=1S/C21H23NO4/c1-3-15-26-21(24)17-8-10-18(11-9-17)22-20(23)14-7-16-5-12-19(13-6-16)25-4-2/h5-14H,3-4,15H2,1-2H3,(H,22,23). The van der Waals surface area contributed by atoms with Gasteiger partial charge >= 0.3 is 5.97 Å². The van der Waals surface area contributed by atoms with E-state index < -0.39 is 0 Å². The van der Waals surface area contributed by atoms with E-state index in [1.807, 2.05) is 38.1 Å². The van der Waals surface area contributed by atoms with Crippen molar-refractivity contribution >= 4 is 23.6 Å². The molecule has 0 heterocycles. The molecule has 136 valence electrons. The molecule has 0 atom stereocenters. The molecular formula is C21H23NO4. The van der Waals surface area contributed by atoms with Crippen molar-refractivity contribution < 1.29 is 19.1 Å². The first kappa shape index (κ1) is 19.2. The van der Waals surface area contributed by atoms with Gasteiger partial charge in [0.2, 0.25) is 5.91 Å². The van der Waals surface area contributed by atoms with Crippen molar-refractivity contribution in [3.05, 3.63) is 65.7 Å². The molecule has 1 N–H and O–H groups in total. The Morgan fingerprint density at radius 2 is 1.69 bits per heavy atom. The topological polar surface area (TPSA) is 64.6 Å². The predicted octanol–water partition coefficient (Wildman–Crippen LogP) is 4.30. The van der Waals surface area contributed by atoms with Crippen molar-refractivity contribution in [1.29, 1.82) is 0 Å². The van der Waals surface area contributed by atoms with Crippen molar-refractivity contribution in [2.45, 2.75) is 20.3 Å². The highest BCUT2D eigenvalue weighted by Gasteiger charge is 2.06. The van der Waals surface area contributed by atoms with E-state index in [-0.39, 0.29) is 11.9 Å². The molecule has 0 aliphatic rings. The molecule has 2 rings (SSSR count). The fraction of sp³-hybridized carbons (Fsp3) is 0.238. The normalized spacial score (nSPS) is 10.5. The Morgan fingerprint density at radius 1 is 1.00 bits per heavy atom. The summed E-state index contributed by atoms with van der Waals surface area (Å²) in [5.41, 5.74) is 1.97. The molecule has 0 aromatic heterocycles. The number of amides is 1. The highest BCUT2D eigenvalue weighted by atomic mass is 16.5. The molecule has 0 unspecified atom stereocenters. The minimum absolute atomic E-state index is 0.250. The van der Waals surface area contributed by atoms with E-state index >= 15 is 0 Å². The lowest BCUT2D eigenvalue weighted by Gasteiger charge is -2.05. The van der Waals surface area contributed by atoms with Crippen molar-refractivity contribution in [3.63, 3.8) is 0 Å². The lowest BCUT2D eigenvalue weighted by atomic mass is 10.2. The maximum Gasteiger partial charge on any atom is 0.338 e. The second-order valence-corrected chi connectivity index (χ2v) is 5.54. The van der Waals surface area contributed by atoms with Crippen LogP contribution in [0.4, 0.5) is 5.69 Å². The molecule has 2 aromatic rings. The first-order chi connectivity index (χ1) is 12.6. The van der Waals surface area contributed by atoms with Gasteiger partial charge in [-0.1, -0.05) is 19.1 Å². The number of carbonyl (C=O) groups is 2. The number of nitrogens with one attached hydrogen (secondary N) is 1. The number of benzene rings is 2. The van der Waals surface area contributed by atoms with Crippen LogP contribution in [0.25, 0.3) is 6.08 Å². The Balaban J connectivity index is 1.89. The van der Waals surface area contributed by atoms with Gasteiger partial charge in [0.1, 0.15) is 5.75 Å². The highest BCUT2D eigenvalue weighted by molar-refractivity contribution is 6.02. The first-order valence-corrected chi connectivity index (χ1v) is 8.61. The van der Waals surface area contributed by atoms with Gasteiger partial charge in [0.25, 0.3) is 0 Å². The Labute approximate surface area is 153 Å². The third-order valence-corrected chi connectivity index (χ3v) is 3.44. The van der Waals surface area contributed by atoms with Gasteiger partial charge in [0.15, 0.2) is 0 Å². The second-order valence-electron chi connectivity index (χ2n) is 5.54. The molecule has 26 heavy (non-hydrogen) atoms. The Bertz CT molecular complexity index is 749. The van der Waals surface area contributed by atoms with Gasteiger partial charge in [-0.25, -0.2) is 4.79 Å². The van der Waals surface area contributed by atoms with E-state index in [4.69, 9.17) is 9.47 Å². The van der Waals surface area contributed by atoms with Gasteiger partial charge in [-0.2, -0.15) is 0 Å². The van der Waals surface area contributed by atoms with E-state index in [0.717, 1.165) is 17.7 Å². The minimum Gasteiger partial charge on any atom is -0.494 e. The SMILES string of the molecule is CCCOC(=O)c1ccc(NC(=O)C=Cc2ccc(OCC)cc2)cc1. The van der Waals surface area contributed by atoms with Crippen LogP contribution in [0, 0.1) is 0 Å². The third-order valence-electron chi connectivity index (χ3n) is 3.44. The van der Waals surface area contributed by atoms with Crippen LogP contribution in [0.5, 0.6) is 5.75 Å². The molecule has 2 aromatic carbocycles. The van der Waals surface area contributed by atoms with E-state index in [0.29, 0.717) is 24.5 Å². The van der Waals surface area contributed by atoms with Crippen molar-refractivity contribution in [2.75, 3.05) is 18.5 Å². The van der Waals surface area contributed by atoms with Gasteiger partial charge in [0.05, 0.1) is 18.8 Å². The van der Waals surface area contributed by atoms with Crippen LogP contribution in [-0.4, -0.2) is 25.1 Å². The van der Waals surface area contributed by atoms with Gasteiger partial charge in [0, 0.05) is 11.8 Å². The summed E-state index contributed by atoms with van der Waals surface area (Å²) in [6.07, 6.45) is 3.96. The van der Waals surface area contributed by atoms with Crippen LogP contribution in [-0.2, 0) is 9.53 Å². The molecular weight excluding hydrogens is 330 g/mol. The van der Waals surface area contributed by atoms with Gasteiger partial charge in [-0.3, -0.25) is 4.79 Å². The number of rotatable bonds is 8. The molecule has 0 saturated carbocycles. The fourth-order valence-corrected chi connectivity index (χ4v) is 2.17. The maximum absolute atomic E-state index is 12.0. The summed E-state index contributed by atoms with van der Waals surface area (Å²) in [7, 11) is 0. The van der Waals surface area contributed by atoms with Gasteiger partial charge in [-0.05, 0) is 61.4 Å². The van der Waals surface area contributed by atoms with Crippen molar-refractivity contribution in [2.24, 2.45) is 0 Å². The maximum atomic E-state index is 12.0. The summed E-state index contributed by atoms with van der Waals surface area (Å²) < 4.78 is 10.4. The number of hydrogen-bond donors (Lipinski definition) is 1. The van der Waals surface area contributed by atoms with E-state index in [2.05, 4.69) is 5.32 Å². The summed E-state index contributed by atoms with van der Waals surface area (Å²) in [6.45, 7) is 4.88. The molecule has 5 nitrogen and oxygen atoms in total. The van der Waals surface area contributed by atoms with Crippen molar-refractivity contribution in [1.82, 2.24) is 0 Å². The van der Waals surface area contributed by atoms with Gasteiger partial charge < -0.3 is 14.8 Å². The van der Waals surface area contributed by atoms with Crippen LogP contribution in [0.15, 0.2) is 54.6 Å². The van der Waals surface area contributed by atoms with E-state index in [9.17, 15) is 9.59 Å². The number of ether oxygens (including phenoxy) is 2. The molecule has 0 radical (unpaired) electrons. The molecule has 0 spiro atoms. The molecule has 0 bridgehead atoms. The molecule has 0 saturated heterocycles. The smallest absolute Gasteiger partial charge is 0.338 e. The van der Waals surface area contributed by atoms with Crippen LogP contribution in [0.1, 0.15) is 36.2 Å². The van der Waals surface area contributed by atoms with Crippen LogP contribution >= 0.6 is 0 Å². The van der Waals surface area contributed by atoms with Gasteiger partial charge in [-0.15, -0.1) is 0 Å². The summed E-state index contributed by atoms with van der Waals surface area (Å²) in [5, 5.41) is 2.75. The minimum atomic E-state index is -0.361. The Morgan fingerprint density at radius 3 is 2.31 bits per heavy atom. The quantitative estimate of drug-likeness (QED) is 0.567. The zero-order valence-electron chi connectivity index (χ0n) is 15.0. The number of esters is 1. The monoisotopic (exact) mass is 353 g/mol. The largest absolute Gasteiger partial charge is 0.494 e.